The lowest BCUT2D eigenvalue weighted by Crippen LogP contribution is -2.30. The van der Waals surface area contributed by atoms with Crippen molar-refractivity contribution in [2.45, 2.75) is 65.2 Å². The zero-order chi connectivity index (χ0) is 25.1. The van der Waals surface area contributed by atoms with Gasteiger partial charge >= 0.3 is 12.1 Å². The van der Waals surface area contributed by atoms with E-state index in [1.165, 1.54) is 0 Å². The Morgan fingerprint density at radius 1 is 1.03 bits per heavy atom. The summed E-state index contributed by atoms with van der Waals surface area (Å²) in [5.74, 6) is -0.0850. The molecule has 3 rings (SSSR count). The molecule has 0 amide bonds. The summed E-state index contributed by atoms with van der Waals surface area (Å²) in [7, 11) is 1.76. The van der Waals surface area contributed by atoms with Crippen molar-refractivity contribution in [1.29, 1.82) is 0 Å². The molecule has 1 aliphatic rings. The Kier molecular flexibility index (Phi) is 7.84. The molecule has 186 valence electrons. The van der Waals surface area contributed by atoms with Crippen LogP contribution in [-0.2, 0) is 11.0 Å². The molecule has 7 heteroatoms. The number of aliphatic carboxylic acids is 1. The van der Waals surface area contributed by atoms with Gasteiger partial charge in [0.15, 0.2) is 0 Å². The number of nitrogens with zero attached hydrogens (tertiary/aromatic N) is 1. The number of halogens is 3. The van der Waals surface area contributed by atoms with Gasteiger partial charge in [-0.1, -0.05) is 32.9 Å². The maximum atomic E-state index is 13.7. The molecule has 2 aromatic carbocycles. The number of hydrogen-bond acceptors (Lipinski definition) is 3. The molecule has 0 aromatic heterocycles. The Morgan fingerprint density at radius 3 is 2.29 bits per heavy atom. The third-order valence-electron chi connectivity index (χ3n) is 6.72. The first-order valence-electron chi connectivity index (χ1n) is 11.8. The molecular weight excluding hydrogens is 443 g/mol. The van der Waals surface area contributed by atoms with Gasteiger partial charge in [0.1, 0.15) is 5.75 Å². The lowest BCUT2D eigenvalue weighted by Gasteiger charge is -2.37. The van der Waals surface area contributed by atoms with Crippen molar-refractivity contribution >= 4 is 11.7 Å². The van der Waals surface area contributed by atoms with Gasteiger partial charge in [-0.25, -0.2) is 0 Å². The largest absolute Gasteiger partial charge is 0.490 e. The van der Waals surface area contributed by atoms with Gasteiger partial charge < -0.3 is 14.7 Å². The van der Waals surface area contributed by atoms with Crippen molar-refractivity contribution in [3.63, 3.8) is 0 Å². The zero-order valence-electron chi connectivity index (χ0n) is 20.3. The molecule has 1 fully saturated rings. The van der Waals surface area contributed by atoms with E-state index in [9.17, 15) is 18.0 Å². The Labute approximate surface area is 199 Å². The second-order valence-corrected chi connectivity index (χ2v) is 10.3. The Hall–Kier alpha value is -2.70. The van der Waals surface area contributed by atoms with Crippen LogP contribution >= 0.6 is 0 Å². The average molecular weight is 478 g/mol. The zero-order valence-corrected chi connectivity index (χ0v) is 20.3. The minimum Gasteiger partial charge on any atom is -0.490 e. The van der Waals surface area contributed by atoms with Crippen molar-refractivity contribution in [3.05, 3.63) is 48.0 Å². The lowest BCUT2D eigenvalue weighted by molar-refractivity contribution is -0.138. The number of carboxylic acids is 1. The summed E-state index contributed by atoms with van der Waals surface area (Å²) < 4.78 is 47.1. The first-order valence-corrected chi connectivity index (χ1v) is 11.8. The molecular formula is C27H34F3NO3. The number of anilines is 1. The van der Waals surface area contributed by atoms with Crippen LogP contribution in [0.3, 0.4) is 0 Å². The molecule has 34 heavy (non-hydrogen) atoms. The van der Waals surface area contributed by atoms with Crippen molar-refractivity contribution in [2.75, 3.05) is 18.5 Å². The van der Waals surface area contributed by atoms with Gasteiger partial charge in [-0.2, -0.15) is 13.2 Å². The fraction of sp³-hybridized carbons (Fsp3) is 0.519. The molecule has 0 unspecified atom stereocenters. The molecule has 0 radical (unpaired) electrons. The van der Waals surface area contributed by atoms with E-state index < -0.39 is 17.7 Å². The number of carbonyl (C=O) groups is 1. The molecule has 0 saturated heterocycles. The van der Waals surface area contributed by atoms with E-state index in [0.29, 0.717) is 23.6 Å². The molecule has 0 aliphatic heterocycles. The smallest absolute Gasteiger partial charge is 0.416 e. The standard InChI is InChI=1S/C27H34F3NO3/c1-26(2,3)20-8-10-23(11-9-20)34-24-16-19(14-21(17-24)27(28,29)30)18-6-5-7-22(15-18)31(4)13-12-25(32)33/h5-7,14-17,20,23H,8-13H2,1-4H3,(H,32,33). The highest BCUT2D eigenvalue weighted by atomic mass is 19.4. The maximum absolute atomic E-state index is 13.7. The summed E-state index contributed by atoms with van der Waals surface area (Å²) in [4.78, 5) is 12.6. The van der Waals surface area contributed by atoms with Gasteiger partial charge in [0.05, 0.1) is 18.1 Å². The van der Waals surface area contributed by atoms with Crippen LogP contribution in [0, 0.1) is 11.3 Å². The van der Waals surface area contributed by atoms with Crippen molar-refractivity contribution in [3.8, 4) is 16.9 Å². The van der Waals surface area contributed by atoms with Crippen LogP contribution in [-0.4, -0.2) is 30.8 Å². The fourth-order valence-corrected chi connectivity index (χ4v) is 4.55. The molecule has 0 atom stereocenters. The summed E-state index contributed by atoms with van der Waals surface area (Å²) in [5, 5.41) is 8.92. The molecule has 2 aromatic rings. The van der Waals surface area contributed by atoms with Crippen LogP contribution in [0.5, 0.6) is 5.75 Å². The van der Waals surface area contributed by atoms with Gasteiger partial charge in [0.2, 0.25) is 0 Å². The van der Waals surface area contributed by atoms with E-state index in [0.717, 1.165) is 43.5 Å². The van der Waals surface area contributed by atoms with E-state index in [4.69, 9.17) is 9.84 Å². The Morgan fingerprint density at radius 2 is 1.71 bits per heavy atom. The highest BCUT2D eigenvalue weighted by Gasteiger charge is 2.33. The number of carboxylic acid groups (broad SMARTS) is 1. The normalized spacial score (nSPS) is 19.0. The third kappa shape index (κ3) is 6.90. The number of hydrogen-bond donors (Lipinski definition) is 1. The van der Waals surface area contributed by atoms with Crippen molar-refractivity contribution < 1.29 is 27.8 Å². The number of benzene rings is 2. The second kappa shape index (κ2) is 10.3. The van der Waals surface area contributed by atoms with Gasteiger partial charge in [0, 0.05) is 19.3 Å². The summed E-state index contributed by atoms with van der Waals surface area (Å²) >= 11 is 0. The van der Waals surface area contributed by atoms with E-state index in [-0.39, 0.29) is 23.7 Å². The van der Waals surface area contributed by atoms with E-state index in [1.807, 2.05) is 6.07 Å². The predicted octanol–water partition coefficient (Wildman–Crippen LogP) is 7.27. The summed E-state index contributed by atoms with van der Waals surface area (Å²) in [6.45, 7) is 6.98. The van der Waals surface area contributed by atoms with Crippen molar-refractivity contribution in [2.24, 2.45) is 11.3 Å². The highest BCUT2D eigenvalue weighted by Crippen LogP contribution is 2.40. The SMILES string of the molecule is CN(CCC(=O)O)c1cccc(-c2cc(OC3CCC(C(C)(C)C)CC3)cc(C(F)(F)F)c2)c1. The van der Waals surface area contributed by atoms with Crippen LogP contribution in [0.2, 0.25) is 0 Å². The van der Waals surface area contributed by atoms with Gasteiger partial charge in [-0.3, -0.25) is 4.79 Å². The van der Waals surface area contributed by atoms with Crippen LogP contribution in [0.1, 0.15) is 58.4 Å². The minimum atomic E-state index is -4.49. The van der Waals surface area contributed by atoms with Crippen LogP contribution in [0.25, 0.3) is 11.1 Å². The summed E-state index contributed by atoms with van der Waals surface area (Å²) in [6, 6.07) is 11.0. The Bertz CT molecular complexity index is 989. The number of ether oxygens (including phenoxy) is 1. The number of rotatable bonds is 7. The molecule has 0 spiro atoms. The van der Waals surface area contributed by atoms with E-state index >= 15 is 0 Å². The van der Waals surface area contributed by atoms with Crippen LogP contribution in [0.4, 0.5) is 18.9 Å². The molecule has 1 saturated carbocycles. The summed E-state index contributed by atoms with van der Waals surface area (Å²) in [6.07, 6.45) is -0.943. The van der Waals surface area contributed by atoms with E-state index in [2.05, 4.69) is 20.8 Å². The topological polar surface area (TPSA) is 49.8 Å². The quantitative estimate of drug-likeness (QED) is 0.456. The van der Waals surface area contributed by atoms with Gasteiger partial charge in [-0.15, -0.1) is 0 Å². The monoisotopic (exact) mass is 477 g/mol. The average Bonchev–Trinajstić information content (AvgIpc) is 2.76. The minimum absolute atomic E-state index is 0.0280. The fourth-order valence-electron chi connectivity index (χ4n) is 4.55. The molecule has 0 heterocycles. The summed E-state index contributed by atoms with van der Waals surface area (Å²) in [5.41, 5.74) is 1.25. The van der Waals surface area contributed by atoms with Crippen LogP contribution < -0.4 is 9.64 Å². The Balaban J connectivity index is 1.84. The second-order valence-electron chi connectivity index (χ2n) is 10.3. The lowest BCUT2D eigenvalue weighted by atomic mass is 9.72. The van der Waals surface area contributed by atoms with Gasteiger partial charge in [-0.05, 0) is 78.5 Å². The van der Waals surface area contributed by atoms with Crippen molar-refractivity contribution in [1.82, 2.24) is 0 Å². The molecule has 1 aliphatic carbocycles. The molecule has 4 nitrogen and oxygen atoms in total. The molecule has 0 bridgehead atoms. The highest BCUT2D eigenvalue weighted by molar-refractivity contribution is 5.71. The maximum Gasteiger partial charge on any atom is 0.416 e. The van der Waals surface area contributed by atoms with Crippen LogP contribution in [0.15, 0.2) is 42.5 Å². The van der Waals surface area contributed by atoms with Gasteiger partial charge in [0.25, 0.3) is 0 Å². The first kappa shape index (κ1) is 25.9. The first-order chi connectivity index (χ1) is 15.8. The number of alkyl halides is 3. The predicted molar refractivity (Wildman–Crippen MR) is 128 cm³/mol. The third-order valence-corrected chi connectivity index (χ3v) is 6.72. The molecule has 1 N–H and O–H groups in total. The van der Waals surface area contributed by atoms with E-state index in [1.54, 1.807) is 36.2 Å².